The van der Waals surface area contributed by atoms with E-state index in [0.29, 0.717) is 0 Å². The van der Waals surface area contributed by atoms with Crippen LogP contribution in [-0.2, 0) is 4.79 Å². The first kappa shape index (κ1) is 14.8. The molecular formula is C12H11KO2. The minimum atomic E-state index is -1.08. The van der Waals surface area contributed by atoms with Gasteiger partial charge in [-0.05, 0) is 17.7 Å². The molecule has 0 heterocycles. The van der Waals surface area contributed by atoms with Crippen molar-refractivity contribution < 1.29 is 61.3 Å². The van der Waals surface area contributed by atoms with Gasteiger partial charge in [-0.25, -0.2) is 0 Å². The fraction of sp³-hybridized carbons (Fsp3) is 0.0833. The van der Waals surface area contributed by atoms with Gasteiger partial charge >= 0.3 is 51.4 Å². The van der Waals surface area contributed by atoms with E-state index in [1.165, 1.54) is 10.8 Å². The second kappa shape index (κ2) is 8.02. The number of carboxylic acids is 1. The van der Waals surface area contributed by atoms with Crippen LogP contribution in [0, 0.1) is 0 Å². The van der Waals surface area contributed by atoms with Gasteiger partial charge in [0.25, 0.3) is 0 Å². The summed E-state index contributed by atoms with van der Waals surface area (Å²) in [6, 6.07) is 16.7. The van der Waals surface area contributed by atoms with Crippen LogP contribution >= 0.6 is 0 Å². The summed E-state index contributed by atoms with van der Waals surface area (Å²) >= 11 is 0. The molecule has 0 atom stereocenters. The molecule has 2 rings (SSSR count). The van der Waals surface area contributed by atoms with Gasteiger partial charge in [-0.1, -0.05) is 48.5 Å². The van der Waals surface area contributed by atoms with Crippen molar-refractivity contribution in [1.29, 1.82) is 0 Å². The predicted octanol–water partition coefficient (Wildman–Crippen LogP) is -1.40. The average molecular weight is 226 g/mol. The van der Waals surface area contributed by atoms with Crippen LogP contribution in [0.1, 0.15) is 6.92 Å². The van der Waals surface area contributed by atoms with Gasteiger partial charge in [0.2, 0.25) is 0 Å². The van der Waals surface area contributed by atoms with Gasteiger partial charge < -0.3 is 9.90 Å². The zero-order valence-corrected chi connectivity index (χ0v) is 12.1. The van der Waals surface area contributed by atoms with Crippen LogP contribution in [0.15, 0.2) is 48.5 Å². The first-order valence-electron chi connectivity index (χ1n) is 4.31. The first-order valence-corrected chi connectivity index (χ1v) is 4.31. The molecule has 0 aliphatic rings. The van der Waals surface area contributed by atoms with Crippen LogP contribution in [-0.4, -0.2) is 5.97 Å². The van der Waals surface area contributed by atoms with E-state index in [0.717, 1.165) is 6.92 Å². The van der Waals surface area contributed by atoms with Gasteiger partial charge in [0.15, 0.2) is 0 Å². The van der Waals surface area contributed by atoms with Gasteiger partial charge in [0.1, 0.15) is 0 Å². The Kier molecular flexibility index (Phi) is 7.91. The van der Waals surface area contributed by atoms with Crippen molar-refractivity contribution in [3.8, 4) is 0 Å². The van der Waals surface area contributed by atoms with Crippen molar-refractivity contribution >= 4 is 16.7 Å². The molecule has 0 saturated carbocycles. The standard InChI is InChI=1S/C10H8.C2H4O2.K/c1-2-6-10-8-4-3-7-9(10)5-1;1-2(3)4;/h1-8H;1H3,(H,3,4);/q;;+1/p-1. The molecule has 0 N–H and O–H groups in total. The Morgan fingerprint density at radius 3 is 1.33 bits per heavy atom. The second-order valence-corrected chi connectivity index (χ2v) is 2.84. The van der Waals surface area contributed by atoms with E-state index >= 15 is 0 Å². The molecule has 2 aromatic carbocycles. The van der Waals surface area contributed by atoms with E-state index < -0.39 is 5.97 Å². The van der Waals surface area contributed by atoms with Gasteiger partial charge in [0, 0.05) is 5.97 Å². The number of rotatable bonds is 0. The molecule has 2 nitrogen and oxygen atoms in total. The van der Waals surface area contributed by atoms with E-state index in [2.05, 4.69) is 48.5 Å². The summed E-state index contributed by atoms with van der Waals surface area (Å²) in [6.45, 7) is 0.972. The SMILES string of the molecule is CC(=O)[O-].[K+].c1ccc2ccccc2c1. The molecule has 0 spiro atoms. The Morgan fingerprint density at radius 1 is 0.933 bits per heavy atom. The molecule has 72 valence electrons. The van der Waals surface area contributed by atoms with Gasteiger partial charge in [-0.2, -0.15) is 0 Å². The molecule has 0 unspecified atom stereocenters. The van der Waals surface area contributed by atoms with Crippen molar-refractivity contribution in [1.82, 2.24) is 0 Å². The minimum Gasteiger partial charge on any atom is -0.550 e. The van der Waals surface area contributed by atoms with Crippen LogP contribution in [0.2, 0.25) is 0 Å². The zero-order chi connectivity index (χ0) is 10.4. The van der Waals surface area contributed by atoms with E-state index in [1.807, 2.05) is 0 Å². The van der Waals surface area contributed by atoms with Gasteiger partial charge in [0.05, 0.1) is 0 Å². The predicted molar refractivity (Wildman–Crippen MR) is 54.6 cm³/mol. The van der Waals surface area contributed by atoms with E-state index in [1.54, 1.807) is 0 Å². The first-order chi connectivity index (χ1) is 6.70. The zero-order valence-electron chi connectivity index (χ0n) is 8.94. The molecule has 15 heavy (non-hydrogen) atoms. The third-order valence-electron chi connectivity index (χ3n) is 1.66. The Labute approximate surface area is 132 Å². The molecule has 3 heteroatoms. The smallest absolute Gasteiger partial charge is 0.550 e. The third kappa shape index (κ3) is 6.07. The number of carboxylic acid groups (broad SMARTS) is 1. The summed E-state index contributed by atoms with van der Waals surface area (Å²) in [5.41, 5.74) is 0. The fourth-order valence-corrected chi connectivity index (χ4v) is 1.13. The summed E-state index contributed by atoms with van der Waals surface area (Å²) in [4.78, 5) is 8.89. The number of benzene rings is 2. The minimum absolute atomic E-state index is 0. The number of carbonyl (C=O) groups excluding carboxylic acids is 1. The Hall–Kier alpha value is -0.194. The van der Waals surface area contributed by atoms with Gasteiger partial charge in [-0.15, -0.1) is 0 Å². The van der Waals surface area contributed by atoms with E-state index in [-0.39, 0.29) is 51.4 Å². The topological polar surface area (TPSA) is 40.1 Å². The molecule has 0 saturated heterocycles. The number of fused-ring (bicyclic) bond motifs is 1. The molecule has 0 aliphatic carbocycles. The van der Waals surface area contributed by atoms with Crippen LogP contribution in [0.3, 0.4) is 0 Å². The molecule has 0 radical (unpaired) electrons. The Bertz CT molecular complexity index is 357. The number of carbonyl (C=O) groups is 1. The average Bonchev–Trinajstić information content (AvgIpc) is 2.17. The van der Waals surface area contributed by atoms with Gasteiger partial charge in [-0.3, -0.25) is 0 Å². The van der Waals surface area contributed by atoms with Crippen molar-refractivity contribution in [2.75, 3.05) is 0 Å². The molecule has 0 bridgehead atoms. The Balaban J connectivity index is 0.000000346. The largest absolute Gasteiger partial charge is 1.00 e. The maximum atomic E-state index is 8.89. The molecular weight excluding hydrogens is 215 g/mol. The maximum absolute atomic E-state index is 8.89. The van der Waals surface area contributed by atoms with Crippen LogP contribution < -0.4 is 56.5 Å². The monoisotopic (exact) mass is 226 g/mol. The van der Waals surface area contributed by atoms with E-state index in [4.69, 9.17) is 9.90 Å². The maximum Gasteiger partial charge on any atom is 1.00 e. The molecule has 2 aromatic rings. The van der Waals surface area contributed by atoms with Crippen molar-refractivity contribution in [3.63, 3.8) is 0 Å². The summed E-state index contributed by atoms with van der Waals surface area (Å²) in [5.74, 6) is -1.08. The van der Waals surface area contributed by atoms with Crippen LogP contribution in [0.4, 0.5) is 0 Å². The third-order valence-corrected chi connectivity index (χ3v) is 1.66. The van der Waals surface area contributed by atoms with Crippen molar-refractivity contribution in [2.45, 2.75) is 6.92 Å². The number of hydrogen-bond donors (Lipinski definition) is 0. The van der Waals surface area contributed by atoms with Crippen molar-refractivity contribution in [3.05, 3.63) is 48.5 Å². The normalized spacial score (nSPS) is 8.33. The number of aliphatic carboxylic acids is 1. The fourth-order valence-electron chi connectivity index (χ4n) is 1.13. The summed E-state index contributed by atoms with van der Waals surface area (Å²) in [5, 5.41) is 11.5. The summed E-state index contributed by atoms with van der Waals surface area (Å²) < 4.78 is 0. The van der Waals surface area contributed by atoms with Crippen molar-refractivity contribution in [2.24, 2.45) is 0 Å². The van der Waals surface area contributed by atoms with Crippen LogP contribution in [0.5, 0.6) is 0 Å². The Morgan fingerprint density at radius 2 is 1.13 bits per heavy atom. The number of hydrogen-bond acceptors (Lipinski definition) is 2. The molecule has 0 aromatic heterocycles. The summed E-state index contributed by atoms with van der Waals surface area (Å²) in [7, 11) is 0. The second-order valence-electron chi connectivity index (χ2n) is 2.84. The van der Waals surface area contributed by atoms with Crippen LogP contribution in [0.25, 0.3) is 10.8 Å². The van der Waals surface area contributed by atoms with E-state index in [9.17, 15) is 0 Å². The molecule has 0 fully saturated rings. The molecule has 0 aliphatic heterocycles. The molecule has 0 amide bonds. The summed E-state index contributed by atoms with van der Waals surface area (Å²) in [6.07, 6.45) is 0. The quantitative estimate of drug-likeness (QED) is 0.518.